The molecule has 0 atom stereocenters. The molecule has 4 rings (SSSR count). The van der Waals surface area contributed by atoms with Gasteiger partial charge >= 0.3 is 0 Å². The van der Waals surface area contributed by atoms with Crippen molar-refractivity contribution in [3.63, 3.8) is 0 Å². The fourth-order valence-electron chi connectivity index (χ4n) is 4.66. The minimum atomic E-state index is -0.0127. The molecule has 1 heterocycles. The molecular formula is C29H35NO2. The maximum atomic E-state index is 6.18. The van der Waals surface area contributed by atoms with Gasteiger partial charge in [0.25, 0.3) is 0 Å². The second kappa shape index (κ2) is 9.38. The Kier molecular flexibility index (Phi) is 6.57. The lowest BCUT2D eigenvalue weighted by atomic mass is 9.71. The van der Waals surface area contributed by atoms with E-state index in [1.807, 2.05) is 24.3 Å². The summed E-state index contributed by atoms with van der Waals surface area (Å²) >= 11 is 0. The van der Waals surface area contributed by atoms with E-state index in [0.717, 1.165) is 37.4 Å². The third kappa shape index (κ3) is 4.83. The highest BCUT2D eigenvalue weighted by Gasteiger charge is 2.40. The smallest absolute Gasteiger partial charge is 0.124 e. The predicted molar refractivity (Wildman–Crippen MR) is 132 cm³/mol. The maximum Gasteiger partial charge on any atom is 0.124 e. The van der Waals surface area contributed by atoms with Crippen molar-refractivity contribution in [3.8, 4) is 11.5 Å². The average molecular weight is 430 g/mol. The molecule has 3 heteroatoms. The van der Waals surface area contributed by atoms with Gasteiger partial charge in [-0.3, -0.25) is 4.90 Å². The largest absolute Gasteiger partial charge is 0.497 e. The number of nitrogens with zero attached hydrogens (tertiary/aromatic N) is 1. The third-order valence-electron chi connectivity index (χ3n) is 7.11. The van der Waals surface area contributed by atoms with Crippen molar-refractivity contribution in [2.24, 2.45) is 0 Å². The number of methoxy groups -OCH3 is 1. The van der Waals surface area contributed by atoms with Crippen LogP contribution in [0.3, 0.4) is 0 Å². The Morgan fingerprint density at radius 2 is 1.31 bits per heavy atom. The van der Waals surface area contributed by atoms with Crippen molar-refractivity contribution in [2.75, 3.05) is 20.2 Å². The maximum absolute atomic E-state index is 6.18. The van der Waals surface area contributed by atoms with Gasteiger partial charge in [-0.05, 0) is 49.9 Å². The summed E-state index contributed by atoms with van der Waals surface area (Å²) in [4.78, 5) is 2.55. The quantitative estimate of drug-likeness (QED) is 0.397. The van der Waals surface area contributed by atoms with E-state index in [0.29, 0.717) is 0 Å². The van der Waals surface area contributed by atoms with E-state index in [9.17, 15) is 0 Å². The molecule has 32 heavy (non-hydrogen) atoms. The zero-order valence-electron chi connectivity index (χ0n) is 19.8. The van der Waals surface area contributed by atoms with Crippen LogP contribution in [0.15, 0.2) is 84.9 Å². The van der Waals surface area contributed by atoms with Gasteiger partial charge in [0.05, 0.1) is 7.11 Å². The van der Waals surface area contributed by atoms with Crippen LogP contribution in [0.25, 0.3) is 0 Å². The normalized spacial score (nSPS) is 15.2. The zero-order chi connectivity index (χ0) is 22.6. The summed E-state index contributed by atoms with van der Waals surface area (Å²) in [6.45, 7) is 9.03. The van der Waals surface area contributed by atoms with Crippen LogP contribution >= 0.6 is 0 Å². The number of ether oxygens (including phenoxy) is 2. The first-order valence-electron chi connectivity index (χ1n) is 11.6. The second-order valence-electron chi connectivity index (χ2n) is 9.70. The van der Waals surface area contributed by atoms with Gasteiger partial charge in [0.1, 0.15) is 17.6 Å². The summed E-state index contributed by atoms with van der Waals surface area (Å²) < 4.78 is 11.5. The van der Waals surface area contributed by atoms with Crippen LogP contribution in [0.5, 0.6) is 11.5 Å². The van der Waals surface area contributed by atoms with Gasteiger partial charge < -0.3 is 9.47 Å². The van der Waals surface area contributed by atoms with Crippen LogP contribution in [0.4, 0.5) is 0 Å². The van der Waals surface area contributed by atoms with E-state index in [1.54, 1.807) is 7.11 Å². The molecule has 168 valence electrons. The lowest BCUT2D eigenvalue weighted by molar-refractivity contribution is -0.0468. The van der Waals surface area contributed by atoms with Gasteiger partial charge in [-0.1, -0.05) is 73.7 Å². The molecule has 0 N–H and O–H groups in total. The lowest BCUT2D eigenvalue weighted by Crippen LogP contribution is -2.62. The van der Waals surface area contributed by atoms with Gasteiger partial charge in [-0.25, -0.2) is 0 Å². The zero-order valence-corrected chi connectivity index (χ0v) is 19.8. The monoisotopic (exact) mass is 429 g/mol. The van der Waals surface area contributed by atoms with Crippen LogP contribution in [0, 0.1) is 0 Å². The molecule has 3 aromatic carbocycles. The third-order valence-corrected chi connectivity index (χ3v) is 7.11. The molecule has 1 aliphatic rings. The molecule has 0 aliphatic carbocycles. The fourth-order valence-corrected chi connectivity index (χ4v) is 4.66. The van der Waals surface area contributed by atoms with Crippen molar-refractivity contribution in [2.45, 2.75) is 50.7 Å². The summed E-state index contributed by atoms with van der Waals surface area (Å²) in [6.07, 6.45) is 2.43. The van der Waals surface area contributed by atoms with E-state index in [1.165, 1.54) is 11.1 Å². The number of hydrogen-bond donors (Lipinski definition) is 0. The molecule has 3 nitrogen and oxygen atoms in total. The minimum Gasteiger partial charge on any atom is -0.497 e. The van der Waals surface area contributed by atoms with E-state index >= 15 is 0 Å². The highest BCUT2D eigenvalue weighted by atomic mass is 16.5. The first-order chi connectivity index (χ1) is 15.4. The summed E-state index contributed by atoms with van der Waals surface area (Å²) in [7, 11) is 1.69. The Morgan fingerprint density at radius 1 is 0.750 bits per heavy atom. The van der Waals surface area contributed by atoms with Crippen LogP contribution < -0.4 is 9.47 Å². The van der Waals surface area contributed by atoms with Crippen molar-refractivity contribution in [3.05, 3.63) is 96.1 Å². The van der Waals surface area contributed by atoms with Crippen molar-refractivity contribution in [1.82, 2.24) is 4.90 Å². The predicted octanol–water partition coefficient (Wildman–Crippen LogP) is 6.32. The molecule has 0 radical (unpaired) electrons. The Labute approximate surface area is 193 Å². The molecule has 3 aromatic rings. The molecule has 0 amide bonds. The first kappa shape index (κ1) is 22.4. The van der Waals surface area contributed by atoms with Gasteiger partial charge in [0.15, 0.2) is 0 Å². The molecule has 1 fully saturated rings. The van der Waals surface area contributed by atoms with Gasteiger partial charge in [0.2, 0.25) is 0 Å². The highest BCUT2D eigenvalue weighted by molar-refractivity contribution is 5.38. The molecule has 0 bridgehead atoms. The Bertz CT molecular complexity index is 954. The van der Waals surface area contributed by atoms with Crippen LogP contribution in [-0.2, 0) is 5.41 Å². The van der Waals surface area contributed by atoms with Crippen molar-refractivity contribution >= 4 is 0 Å². The van der Waals surface area contributed by atoms with Crippen LogP contribution in [0.2, 0.25) is 0 Å². The highest BCUT2D eigenvalue weighted by Crippen LogP contribution is 2.40. The molecule has 0 spiro atoms. The lowest BCUT2D eigenvalue weighted by Gasteiger charge is -2.49. The van der Waals surface area contributed by atoms with Crippen molar-refractivity contribution in [1.29, 1.82) is 0 Å². The summed E-state index contributed by atoms with van der Waals surface area (Å²) in [5, 5.41) is 0. The fraction of sp³-hybridized carbons (Fsp3) is 0.379. The van der Waals surface area contributed by atoms with E-state index in [4.69, 9.17) is 9.47 Å². The molecule has 0 aromatic heterocycles. The van der Waals surface area contributed by atoms with Gasteiger partial charge in [-0.2, -0.15) is 0 Å². The summed E-state index contributed by atoms with van der Waals surface area (Å²) in [5.41, 5.74) is 2.86. The standard InChI is InChI=1S/C29H35NO2/c1-28(2,30-21-27(22-30)32-26-17-11-16-25(20-26)31-4)18-19-29(3,23-12-7-5-8-13-23)24-14-9-6-10-15-24/h5-17,20,27H,18-19,21-22H2,1-4H3. The molecule has 1 aliphatic heterocycles. The average Bonchev–Trinajstić information content (AvgIpc) is 2.81. The topological polar surface area (TPSA) is 21.7 Å². The Balaban J connectivity index is 1.40. The van der Waals surface area contributed by atoms with Crippen LogP contribution in [0.1, 0.15) is 44.7 Å². The van der Waals surface area contributed by atoms with Gasteiger partial charge in [-0.15, -0.1) is 0 Å². The van der Waals surface area contributed by atoms with E-state index < -0.39 is 0 Å². The summed E-state index contributed by atoms with van der Waals surface area (Å²) in [6, 6.07) is 29.7. The van der Waals surface area contributed by atoms with Crippen molar-refractivity contribution < 1.29 is 9.47 Å². The Morgan fingerprint density at radius 3 is 1.88 bits per heavy atom. The summed E-state index contributed by atoms with van der Waals surface area (Å²) in [5.74, 6) is 1.72. The van der Waals surface area contributed by atoms with E-state index in [-0.39, 0.29) is 17.1 Å². The SMILES string of the molecule is COc1cccc(OC2CN(C(C)(C)CCC(C)(c3ccccc3)c3ccccc3)C2)c1. The Hall–Kier alpha value is -2.78. The number of benzene rings is 3. The minimum absolute atomic E-state index is 0.0127. The number of likely N-dealkylation sites (tertiary alicyclic amines) is 1. The molecule has 0 saturated carbocycles. The van der Waals surface area contributed by atoms with E-state index in [2.05, 4.69) is 86.3 Å². The second-order valence-corrected chi connectivity index (χ2v) is 9.70. The molecular weight excluding hydrogens is 394 g/mol. The van der Waals surface area contributed by atoms with Gasteiger partial charge in [0, 0.05) is 30.1 Å². The number of rotatable bonds is 9. The first-order valence-corrected chi connectivity index (χ1v) is 11.6. The van der Waals surface area contributed by atoms with Crippen LogP contribution in [-0.4, -0.2) is 36.7 Å². The number of hydrogen-bond acceptors (Lipinski definition) is 3. The molecule has 1 saturated heterocycles. The molecule has 0 unspecified atom stereocenters.